The van der Waals surface area contributed by atoms with Crippen LogP contribution < -0.4 is 10.2 Å². The third kappa shape index (κ3) is 3.04. The molecule has 1 aliphatic rings. The molecule has 0 aromatic heterocycles. The lowest BCUT2D eigenvalue weighted by molar-refractivity contribution is -0.130. The molecule has 0 radical (unpaired) electrons. The van der Waals surface area contributed by atoms with Crippen molar-refractivity contribution in [3.05, 3.63) is 29.8 Å². The number of nitrogens with one attached hydrogen (secondary N) is 1. The second kappa shape index (κ2) is 6.40. The Balaban J connectivity index is 2.20. The lowest BCUT2D eigenvalue weighted by Gasteiger charge is -2.39. The number of anilines is 1. The van der Waals surface area contributed by atoms with Gasteiger partial charge in [0.1, 0.15) is 0 Å². The van der Waals surface area contributed by atoms with Crippen LogP contribution >= 0.6 is 0 Å². The number of amides is 1. The first-order valence-corrected chi connectivity index (χ1v) is 7.64. The third-order valence-corrected chi connectivity index (χ3v) is 4.47. The second-order valence-corrected chi connectivity index (χ2v) is 5.98. The Labute approximate surface area is 122 Å². The molecule has 0 atom stereocenters. The highest BCUT2D eigenvalue weighted by atomic mass is 16.2. The predicted octanol–water partition coefficient (Wildman–Crippen LogP) is 3.13. The van der Waals surface area contributed by atoms with Gasteiger partial charge in [0, 0.05) is 12.7 Å². The molecule has 0 bridgehead atoms. The number of piperidine rings is 1. The van der Waals surface area contributed by atoms with Gasteiger partial charge >= 0.3 is 0 Å². The molecule has 2 rings (SSSR count). The standard InChI is InChI=1S/C17H26N2O/c1-4-9-17(10-12-18-13-11-17)16(20)19(3)15-7-5-14(2)6-8-15/h5-8,18H,4,9-13H2,1-3H3. The first-order chi connectivity index (χ1) is 9.59. The fraction of sp³-hybridized carbons (Fsp3) is 0.588. The van der Waals surface area contributed by atoms with Gasteiger partial charge in [0.05, 0.1) is 5.41 Å². The maximum Gasteiger partial charge on any atom is 0.233 e. The van der Waals surface area contributed by atoms with E-state index in [4.69, 9.17) is 0 Å². The summed E-state index contributed by atoms with van der Waals surface area (Å²) in [6, 6.07) is 8.20. The van der Waals surface area contributed by atoms with Crippen LogP contribution in [0.5, 0.6) is 0 Å². The molecule has 1 saturated heterocycles. The van der Waals surface area contributed by atoms with Crippen LogP contribution in [0.1, 0.15) is 38.2 Å². The van der Waals surface area contributed by atoms with E-state index in [1.165, 1.54) is 5.56 Å². The summed E-state index contributed by atoms with van der Waals surface area (Å²) in [6.07, 6.45) is 3.96. The molecule has 0 spiro atoms. The van der Waals surface area contributed by atoms with Crippen LogP contribution in [-0.4, -0.2) is 26.0 Å². The summed E-state index contributed by atoms with van der Waals surface area (Å²) in [4.78, 5) is 14.8. The lowest BCUT2D eigenvalue weighted by Crippen LogP contribution is -2.48. The highest BCUT2D eigenvalue weighted by Gasteiger charge is 2.40. The van der Waals surface area contributed by atoms with Crippen molar-refractivity contribution in [2.45, 2.75) is 39.5 Å². The van der Waals surface area contributed by atoms with E-state index in [1.54, 1.807) is 0 Å². The SMILES string of the molecule is CCCC1(C(=O)N(C)c2ccc(C)cc2)CCNCC1. The van der Waals surface area contributed by atoms with Gasteiger partial charge in [0.15, 0.2) is 0 Å². The van der Waals surface area contributed by atoms with Crippen molar-refractivity contribution >= 4 is 11.6 Å². The molecule has 1 heterocycles. The summed E-state index contributed by atoms with van der Waals surface area (Å²) in [5, 5.41) is 3.37. The minimum absolute atomic E-state index is 0.167. The van der Waals surface area contributed by atoms with Gasteiger partial charge in [-0.3, -0.25) is 4.79 Å². The Morgan fingerprint density at radius 3 is 2.40 bits per heavy atom. The Bertz CT molecular complexity index is 441. The van der Waals surface area contributed by atoms with E-state index < -0.39 is 0 Å². The Morgan fingerprint density at radius 1 is 1.25 bits per heavy atom. The molecule has 3 nitrogen and oxygen atoms in total. The third-order valence-electron chi connectivity index (χ3n) is 4.47. The molecular formula is C17H26N2O. The van der Waals surface area contributed by atoms with Gasteiger partial charge < -0.3 is 10.2 Å². The van der Waals surface area contributed by atoms with Crippen molar-refractivity contribution in [1.29, 1.82) is 0 Å². The van der Waals surface area contributed by atoms with Crippen molar-refractivity contribution in [2.75, 3.05) is 25.0 Å². The van der Waals surface area contributed by atoms with Gasteiger partial charge in [-0.2, -0.15) is 0 Å². The van der Waals surface area contributed by atoms with E-state index in [1.807, 2.05) is 24.1 Å². The largest absolute Gasteiger partial charge is 0.317 e. The molecule has 1 fully saturated rings. The van der Waals surface area contributed by atoms with E-state index in [0.29, 0.717) is 0 Å². The maximum atomic E-state index is 13.0. The van der Waals surface area contributed by atoms with Gasteiger partial charge in [0.2, 0.25) is 5.91 Å². The highest BCUT2D eigenvalue weighted by molar-refractivity contribution is 5.97. The van der Waals surface area contributed by atoms with E-state index in [0.717, 1.165) is 44.5 Å². The quantitative estimate of drug-likeness (QED) is 0.915. The summed E-state index contributed by atoms with van der Waals surface area (Å²) >= 11 is 0. The van der Waals surface area contributed by atoms with Crippen LogP contribution in [0.3, 0.4) is 0 Å². The molecule has 110 valence electrons. The molecule has 0 saturated carbocycles. The highest BCUT2D eigenvalue weighted by Crippen LogP contribution is 2.37. The van der Waals surface area contributed by atoms with Crippen LogP contribution in [0.2, 0.25) is 0 Å². The molecule has 1 aliphatic heterocycles. The monoisotopic (exact) mass is 274 g/mol. The van der Waals surface area contributed by atoms with Crippen LogP contribution in [0.25, 0.3) is 0 Å². The average Bonchev–Trinajstić information content (AvgIpc) is 2.48. The van der Waals surface area contributed by atoms with E-state index in [-0.39, 0.29) is 11.3 Å². The van der Waals surface area contributed by atoms with E-state index in [9.17, 15) is 4.79 Å². The van der Waals surface area contributed by atoms with Crippen molar-refractivity contribution < 1.29 is 4.79 Å². The van der Waals surface area contributed by atoms with Crippen LogP contribution in [0, 0.1) is 12.3 Å². The van der Waals surface area contributed by atoms with Gasteiger partial charge in [-0.1, -0.05) is 31.0 Å². The molecule has 0 aliphatic carbocycles. The minimum Gasteiger partial charge on any atom is -0.317 e. The molecule has 1 N–H and O–H groups in total. The zero-order chi connectivity index (χ0) is 14.6. The summed E-state index contributed by atoms with van der Waals surface area (Å²) < 4.78 is 0. The molecule has 1 amide bonds. The number of benzene rings is 1. The fourth-order valence-electron chi connectivity index (χ4n) is 3.20. The van der Waals surface area contributed by atoms with Gasteiger partial charge in [-0.15, -0.1) is 0 Å². The minimum atomic E-state index is -0.167. The van der Waals surface area contributed by atoms with Crippen LogP contribution in [-0.2, 0) is 4.79 Å². The Hall–Kier alpha value is -1.35. The molecule has 3 heteroatoms. The summed E-state index contributed by atoms with van der Waals surface area (Å²) in [7, 11) is 1.91. The Kier molecular flexibility index (Phi) is 4.81. The topological polar surface area (TPSA) is 32.3 Å². The summed E-state index contributed by atoms with van der Waals surface area (Å²) in [5.74, 6) is 0.282. The second-order valence-electron chi connectivity index (χ2n) is 5.98. The lowest BCUT2D eigenvalue weighted by atomic mass is 9.74. The van der Waals surface area contributed by atoms with Crippen LogP contribution in [0.4, 0.5) is 5.69 Å². The molecular weight excluding hydrogens is 248 g/mol. The fourth-order valence-corrected chi connectivity index (χ4v) is 3.20. The number of carbonyl (C=O) groups is 1. The predicted molar refractivity (Wildman–Crippen MR) is 84.0 cm³/mol. The van der Waals surface area contributed by atoms with E-state index >= 15 is 0 Å². The van der Waals surface area contributed by atoms with E-state index in [2.05, 4.69) is 31.3 Å². The normalized spacial score (nSPS) is 17.8. The summed E-state index contributed by atoms with van der Waals surface area (Å²) in [6.45, 7) is 6.14. The molecule has 1 aromatic rings. The van der Waals surface area contributed by atoms with Crippen molar-refractivity contribution in [1.82, 2.24) is 5.32 Å². The molecule has 0 unspecified atom stereocenters. The number of carbonyl (C=O) groups excluding carboxylic acids is 1. The average molecular weight is 274 g/mol. The van der Waals surface area contributed by atoms with Crippen molar-refractivity contribution in [2.24, 2.45) is 5.41 Å². The summed E-state index contributed by atoms with van der Waals surface area (Å²) in [5.41, 5.74) is 2.05. The first-order valence-electron chi connectivity index (χ1n) is 7.64. The van der Waals surface area contributed by atoms with Crippen molar-refractivity contribution in [3.63, 3.8) is 0 Å². The molecule has 1 aromatic carbocycles. The van der Waals surface area contributed by atoms with Gasteiger partial charge in [0.25, 0.3) is 0 Å². The molecule has 20 heavy (non-hydrogen) atoms. The van der Waals surface area contributed by atoms with Crippen LogP contribution in [0.15, 0.2) is 24.3 Å². The Morgan fingerprint density at radius 2 is 1.85 bits per heavy atom. The number of nitrogens with zero attached hydrogens (tertiary/aromatic N) is 1. The number of hydrogen-bond donors (Lipinski definition) is 1. The number of hydrogen-bond acceptors (Lipinski definition) is 2. The van der Waals surface area contributed by atoms with Gasteiger partial charge in [-0.25, -0.2) is 0 Å². The van der Waals surface area contributed by atoms with Gasteiger partial charge in [-0.05, 0) is 51.4 Å². The maximum absolute atomic E-state index is 13.0. The zero-order valence-electron chi connectivity index (χ0n) is 12.9. The first kappa shape index (κ1) is 15.0. The number of rotatable bonds is 4. The smallest absolute Gasteiger partial charge is 0.233 e. The zero-order valence-corrected chi connectivity index (χ0v) is 12.9. The van der Waals surface area contributed by atoms with Crippen molar-refractivity contribution in [3.8, 4) is 0 Å². The number of aryl methyl sites for hydroxylation is 1.